The van der Waals surface area contributed by atoms with E-state index in [-0.39, 0.29) is 0 Å². The highest BCUT2D eigenvalue weighted by Gasteiger charge is 2.04. The minimum atomic E-state index is 0.322. The summed E-state index contributed by atoms with van der Waals surface area (Å²) < 4.78 is 0. The molecule has 2 nitrogen and oxygen atoms in total. The average Bonchev–Trinajstić information content (AvgIpc) is 2.54. The lowest BCUT2D eigenvalue weighted by molar-refractivity contribution is 0.115. The van der Waals surface area contributed by atoms with Crippen LogP contribution in [0.5, 0.6) is 0 Å². The van der Waals surface area contributed by atoms with Crippen molar-refractivity contribution in [1.29, 1.82) is 0 Å². The molecule has 0 aromatic rings. The van der Waals surface area contributed by atoms with Crippen LogP contribution in [-0.4, -0.2) is 11.2 Å². The van der Waals surface area contributed by atoms with E-state index >= 15 is 0 Å². The molecule has 0 aromatic heterocycles. The summed E-state index contributed by atoms with van der Waals surface area (Å²) in [4.78, 5) is 0. The molecule has 0 fully saturated rings. The van der Waals surface area contributed by atoms with Crippen LogP contribution in [0.25, 0.3) is 0 Å². The third-order valence-corrected chi connectivity index (χ3v) is 4.73. The maximum atomic E-state index is 9.01. The molecular formula is C20H43NO. The van der Waals surface area contributed by atoms with E-state index in [4.69, 9.17) is 5.21 Å². The molecule has 22 heavy (non-hydrogen) atoms. The van der Waals surface area contributed by atoms with E-state index in [2.05, 4.69) is 19.3 Å². The molecule has 1 unspecified atom stereocenters. The normalized spacial score (nSPS) is 12.7. The van der Waals surface area contributed by atoms with Gasteiger partial charge in [-0.3, -0.25) is 0 Å². The summed E-state index contributed by atoms with van der Waals surface area (Å²) in [5.74, 6) is 0. The van der Waals surface area contributed by atoms with E-state index in [1.54, 1.807) is 0 Å². The molecule has 0 saturated heterocycles. The Morgan fingerprint density at radius 1 is 0.545 bits per heavy atom. The van der Waals surface area contributed by atoms with Crippen LogP contribution in [0.1, 0.15) is 123 Å². The molecule has 134 valence electrons. The summed E-state index contributed by atoms with van der Waals surface area (Å²) >= 11 is 0. The van der Waals surface area contributed by atoms with Gasteiger partial charge >= 0.3 is 0 Å². The Hall–Kier alpha value is -0.0800. The minimum absolute atomic E-state index is 0.322. The van der Waals surface area contributed by atoms with Crippen molar-refractivity contribution in [3.05, 3.63) is 0 Å². The Labute approximate surface area is 140 Å². The van der Waals surface area contributed by atoms with Crippen molar-refractivity contribution in [3.63, 3.8) is 0 Å². The van der Waals surface area contributed by atoms with Crippen LogP contribution in [0.15, 0.2) is 0 Å². The molecule has 0 aliphatic heterocycles. The van der Waals surface area contributed by atoms with Crippen LogP contribution in [0.3, 0.4) is 0 Å². The first-order chi connectivity index (χ1) is 10.8. The van der Waals surface area contributed by atoms with E-state index in [1.165, 1.54) is 89.9 Å². The van der Waals surface area contributed by atoms with Crippen molar-refractivity contribution in [2.75, 3.05) is 0 Å². The van der Waals surface area contributed by atoms with Crippen LogP contribution < -0.4 is 5.48 Å². The fourth-order valence-corrected chi connectivity index (χ4v) is 3.21. The average molecular weight is 314 g/mol. The zero-order chi connectivity index (χ0) is 16.3. The lowest BCUT2D eigenvalue weighted by atomic mass is 10.0. The van der Waals surface area contributed by atoms with Gasteiger partial charge in [0.05, 0.1) is 0 Å². The molecule has 1 atom stereocenters. The zero-order valence-electron chi connectivity index (χ0n) is 15.5. The van der Waals surface area contributed by atoms with Crippen molar-refractivity contribution in [1.82, 2.24) is 5.48 Å². The summed E-state index contributed by atoms with van der Waals surface area (Å²) in [7, 11) is 0. The third-order valence-electron chi connectivity index (χ3n) is 4.73. The minimum Gasteiger partial charge on any atom is -0.317 e. The number of nitrogens with one attached hydrogen (secondary N) is 1. The third kappa shape index (κ3) is 16.3. The van der Waals surface area contributed by atoms with E-state index in [0.29, 0.717) is 6.04 Å². The fraction of sp³-hybridized carbons (Fsp3) is 1.00. The van der Waals surface area contributed by atoms with Crippen LogP contribution in [0.4, 0.5) is 0 Å². The Bertz CT molecular complexity index is 196. The molecule has 0 aromatic carbocycles. The van der Waals surface area contributed by atoms with Crippen molar-refractivity contribution in [2.45, 2.75) is 129 Å². The summed E-state index contributed by atoms with van der Waals surface area (Å²) in [5, 5.41) is 9.01. The smallest absolute Gasteiger partial charge is 0.0319 e. The Kier molecular flexibility index (Phi) is 18.9. The second-order valence-electron chi connectivity index (χ2n) is 7.00. The lowest BCUT2D eigenvalue weighted by Crippen LogP contribution is -2.25. The van der Waals surface area contributed by atoms with Gasteiger partial charge in [0.25, 0.3) is 0 Å². The van der Waals surface area contributed by atoms with Crippen LogP contribution >= 0.6 is 0 Å². The van der Waals surface area contributed by atoms with Gasteiger partial charge in [0, 0.05) is 6.04 Å². The summed E-state index contributed by atoms with van der Waals surface area (Å²) in [6.07, 6.45) is 23.1. The van der Waals surface area contributed by atoms with E-state index in [0.717, 1.165) is 19.3 Å². The molecule has 0 aliphatic rings. The summed E-state index contributed by atoms with van der Waals surface area (Å²) in [6, 6.07) is 0.322. The molecule has 0 aliphatic carbocycles. The molecule has 2 N–H and O–H groups in total. The number of hydroxylamine groups is 1. The second-order valence-corrected chi connectivity index (χ2v) is 7.00. The van der Waals surface area contributed by atoms with Gasteiger partial charge in [-0.15, -0.1) is 0 Å². The lowest BCUT2D eigenvalue weighted by Gasteiger charge is -2.13. The maximum absolute atomic E-state index is 9.01. The Morgan fingerprint density at radius 3 is 1.32 bits per heavy atom. The number of unbranched alkanes of at least 4 members (excludes halogenated alkanes) is 13. The highest BCUT2D eigenvalue weighted by molar-refractivity contribution is 4.61. The Morgan fingerprint density at radius 2 is 0.955 bits per heavy atom. The van der Waals surface area contributed by atoms with Gasteiger partial charge in [-0.05, 0) is 12.8 Å². The zero-order valence-corrected chi connectivity index (χ0v) is 15.5. The van der Waals surface area contributed by atoms with Crippen molar-refractivity contribution in [3.8, 4) is 0 Å². The second kappa shape index (κ2) is 19.0. The maximum Gasteiger partial charge on any atom is 0.0319 e. The predicted octanol–water partition coefficient (Wildman–Crippen LogP) is 7.01. The molecule has 0 bridgehead atoms. The van der Waals surface area contributed by atoms with Crippen LogP contribution in [0, 0.1) is 0 Å². The van der Waals surface area contributed by atoms with Crippen molar-refractivity contribution >= 4 is 0 Å². The molecule has 0 saturated carbocycles. The van der Waals surface area contributed by atoms with Crippen molar-refractivity contribution in [2.24, 2.45) is 0 Å². The van der Waals surface area contributed by atoms with Gasteiger partial charge in [-0.2, -0.15) is 0 Å². The van der Waals surface area contributed by atoms with E-state index in [1.807, 2.05) is 0 Å². The molecule has 0 spiro atoms. The molecule has 0 amide bonds. The molecule has 0 rings (SSSR count). The topological polar surface area (TPSA) is 32.3 Å². The van der Waals surface area contributed by atoms with Gasteiger partial charge in [-0.1, -0.05) is 110 Å². The monoisotopic (exact) mass is 313 g/mol. The van der Waals surface area contributed by atoms with Crippen LogP contribution in [0.2, 0.25) is 0 Å². The summed E-state index contributed by atoms with van der Waals surface area (Å²) in [5.41, 5.74) is 2.45. The number of hydrogen-bond acceptors (Lipinski definition) is 2. The molecule has 2 heteroatoms. The van der Waals surface area contributed by atoms with Gasteiger partial charge in [0.15, 0.2) is 0 Å². The van der Waals surface area contributed by atoms with Gasteiger partial charge in [0.2, 0.25) is 0 Å². The van der Waals surface area contributed by atoms with Gasteiger partial charge < -0.3 is 5.21 Å². The van der Waals surface area contributed by atoms with Crippen LogP contribution in [-0.2, 0) is 0 Å². The van der Waals surface area contributed by atoms with Gasteiger partial charge in [0.1, 0.15) is 0 Å². The molecular weight excluding hydrogens is 270 g/mol. The first-order valence-corrected chi connectivity index (χ1v) is 10.2. The largest absolute Gasteiger partial charge is 0.317 e. The van der Waals surface area contributed by atoms with E-state index in [9.17, 15) is 0 Å². The molecule has 0 heterocycles. The first kappa shape index (κ1) is 21.9. The quantitative estimate of drug-likeness (QED) is 0.211. The van der Waals surface area contributed by atoms with Crippen molar-refractivity contribution < 1.29 is 5.21 Å². The standard InChI is InChI=1S/C20H43NO/c1-3-5-6-7-8-9-10-11-12-13-14-15-16-17-19-20(21-22)18-4-2/h20-22H,3-19H2,1-2H3. The van der Waals surface area contributed by atoms with Gasteiger partial charge in [-0.25, -0.2) is 5.48 Å². The summed E-state index contributed by atoms with van der Waals surface area (Å²) in [6.45, 7) is 4.46. The number of rotatable bonds is 18. The fourth-order valence-electron chi connectivity index (χ4n) is 3.21. The Balaban J connectivity index is 3.08. The highest BCUT2D eigenvalue weighted by atomic mass is 16.5. The number of hydrogen-bond donors (Lipinski definition) is 2. The van der Waals surface area contributed by atoms with E-state index < -0.39 is 0 Å². The molecule has 0 radical (unpaired) electrons. The predicted molar refractivity (Wildman–Crippen MR) is 98.5 cm³/mol. The highest BCUT2D eigenvalue weighted by Crippen LogP contribution is 2.14. The first-order valence-electron chi connectivity index (χ1n) is 10.2. The SMILES string of the molecule is CCCCCCCCCCCCCCCCC(CCC)NO.